The van der Waals surface area contributed by atoms with Crippen LogP contribution in [0, 0.1) is 5.41 Å². The Balaban J connectivity index is 2.49. The van der Waals surface area contributed by atoms with Crippen LogP contribution in [0.4, 0.5) is 0 Å². The number of ether oxygens (including phenoxy) is 3. The molecule has 0 bridgehead atoms. The van der Waals surface area contributed by atoms with Crippen LogP contribution in [0.5, 0.6) is 0 Å². The number of rotatable bonds is 12. The highest BCUT2D eigenvalue weighted by Crippen LogP contribution is 2.39. The molecule has 0 saturated heterocycles. The Morgan fingerprint density at radius 1 is 0.852 bits per heavy atom. The number of benzene rings is 1. The van der Waals surface area contributed by atoms with Crippen LogP contribution in [0.25, 0.3) is 0 Å². The topological polar surface area (TPSA) is 27.7 Å². The molecule has 1 aromatic rings. The van der Waals surface area contributed by atoms with Gasteiger partial charge < -0.3 is 14.2 Å². The second-order valence-electron chi connectivity index (χ2n) is 9.73. The van der Waals surface area contributed by atoms with E-state index in [1.54, 1.807) is 0 Å². The number of hydrogen-bond donors (Lipinski definition) is 0. The third-order valence-corrected chi connectivity index (χ3v) is 5.57. The van der Waals surface area contributed by atoms with Gasteiger partial charge in [0, 0.05) is 0 Å². The van der Waals surface area contributed by atoms with E-state index in [1.807, 2.05) is 18.2 Å². The van der Waals surface area contributed by atoms with Crippen LogP contribution in [0.2, 0.25) is 0 Å². The standard InChI is InChI=1S/C24H42O3/c1-19(2)27-20(3)17-22(4,5)24(8,9)25-16-15-23(6,7)26-18-21-13-11-10-12-14-21/h10-14,19-20H,15-18H2,1-9H3. The lowest BCUT2D eigenvalue weighted by Crippen LogP contribution is -2.44. The minimum Gasteiger partial charge on any atom is -0.376 e. The zero-order valence-electron chi connectivity index (χ0n) is 19.1. The van der Waals surface area contributed by atoms with Crippen LogP contribution in [-0.4, -0.2) is 30.0 Å². The first-order valence-electron chi connectivity index (χ1n) is 10.3. The summed E-state index contributed by atoms with van der Waals surface area (Å²) in [4.78, 5) is 0. The predicted molar refractivity (Wildman–Crippen MR) is 114 cm³/mol. The fourth-order valence-electron chi connectivity index (χ4n) is 3.15. The van der Waals surface area contributed by atoms with Gasteiger partial charge in [-0.2, -0.15) is 0 Å². The minimum atomic E-state index is -0.239. The Bertz CT molecular complexity index is 532. The summed E-state index contributed by atoms with van der Waals surface area (Å²) in [5, 5.41) is 0. The lowest BCUT2D eigenvalue weighted by molar-refractivity contribution is -0.135. The highest BCUT2D eigenvalue weighted by atomic mass is 16.5. The average Bonchev–Trinajstić information content (AvgIpc) is 2.52. The van der Waals surface area contributed by atoms with Crippen molar-refractivity contribution >= 4 is 0 Å². The van der Waals surface area contributed by atoms with Crippen LogP contribution in [0.3, 0.4) is 0 Å². The van der Waals surface area contributed by atoms with Crippen molar-refractivity contribution in [3.8, 4) is 0 Å². The molecule has 156 valence electrons. The normalized spacial score (nSPS) is 14.6. The summed E-state index contributed by atoms with van der Waals surface area (Å²) in [5.74, 6) is 0. The third kappa shape index (κ3) is 8.76. The van der Waals surface area contributed by atoms with Crippen molar-refractivity contribution < 1.29 is 14.2 Å². The van der Waals surface area contributed by atoms with E-state index < -0.39 is 0 Å². The van der Waals surface area contributed by atoms with Crippen molar-refractivity contribution in [2.75, 3.05) is 6.61 Å². The summed E-state index contributed by atoms with van der Waals surface area (Å²) in [6.07, 6.45) is 2.29. The average molecular weight is 379 g/mol. The SMILES string of the molecule is CC(C)OC(C)CC(C)(C)C(C)(C)OCCC(C)(C)OCc1ccccc1. The van der Waals surface area contributed by atoms with Gasteiger partial charge in [0.25, 0.3) is 0 Å². The summed E-state index contributed by atoms with van der Waals surface area (Å²) in [6, 6.07) is 10.3. The zero-order valence-corrected chi connectivity index (χ0v) is 19.1. The third-order valence-electron chi connectivity index (χ3n) is 5.57. The molecule has 0 amide bonds. The van der Waals surface area contributed by atoms with Crippen molar-refractivity contribution in [1.82, 2.24) is 0 Å². The van der Waals surface area contributed by atoms with Gasteiger partial charge in [0.1, 0.15) is 0 Å². The molecule has 0 saturated carbocycles. The molecule has 0 aromatic heterocycles. The molecule has 0 aliphatic carbocycles. The van der Waals surface area contributed by atoms with E-state index in [0.717, 1.165) is 12.8 Å². The van der Waals surface area contributed by atoms with E-state index in [2.05, 4.69) is 74.4 Å². The van der Waals surface area contributed by atoms with Crippen molar-refractivity contribution in [1.29, 1.82) is 0 Å². The molecular formula is C24H42O3. The van der Waals surface area contributed by atoms with Crippen molar-refractivity contribution in [2.24, 2.45) is 5.41 Å². The first-order valence-corrected chi connectivity index (χ1v) is 10.3. The predicted octanol–water partition coefficient (Wildman–Crippen LogP) is 6.40. The Kier molecular flexibility index (Phi) is 8.98. The van der Waals surface area contributed by atoms with Crippen molar-refractivity contribution in [3.63, 3.8) is 0 Å². The van der Waals surface area contributed by atoms with E-state index in [1.165, 1.54) is 5.56 Å². The molecular weight excluding hydrogens is 336 g/mol. The largest absolute Gasteiger partial charge is 0.376 e. The van der Waals surface area contributed by atoms with Crippen molar-refractivity contribution in [2.45, 2.75) is 105 Å². The van der Waals surface area contributed by atoms with Gasteiger partial charge in [0.05, 0.1) is 36.6 Å². The van der Waals surface area contributed by atoms with E-state index in [9.17, 15) is 0 Å². The first-order chi connectivity index (χ1) is 12.3. The van der Waals surface area contributed by atoms with Gasteiger partial charge in [-0.15, -0.1) is 0 Å². The van der Waals surface area contributed by atoms with Gasteiger partial charge in [-0.25, -0.2) is 0 Å². The fraction of sp³-hybridized carbons (Fsp3) is 0.750. The molecule has 0 N–H and O–H groups in total. The van der Waals surface area contributed by atoms with Crippen LogP contribution in [0.1, 0.15) is 80.7 Å². The molecule has 0 heterocycles. The smallest absolute Gasteiger partial charge is 0.0724 e. The fourth-order valence-corrected chi connectivity index (χ4v) is 3.15. The van der Waals surface area contributed by atoms with Gasteiger partial charge in [-0.1, -0.05) is 44.2 Å². The minimum absolute atomic E-state index is 0.0103. The molecule has 27 heavy (non-hydrogen) atoms. The van der Waals surface area contributed by atoms with E-state index in [-0.39, 0.29) is 28.8 Å². The second-order valence-corrected chi connectivity index (χ2v) is 9.73. The van der Waals surface area contributed by atoms with Crippen molar-refractivity contribution in [3.05, 3.63) is 35.9 Å². The Morgan fingerprint density at radius 2 is 1.44 bits per heavy atom. The molecule has 0 aliphatic heterocycles. The molecule has 1 rings (SSSR count). The molecule has 1 atom stereocenters. The maximum atomic E-state index is 6.35. The first kappa shape index (κ1) is 24.1. The monoisotopic (exact) mass is 378 g/mol. The summed E-state index contributed by atoms with van der Waals surface area (Å²) >= 11 is 0. The highest BCUT2D eigenvalue weighted by Gasteiger charge is 2.39. The van der Waals surface area contributed by atoms with Crippen LogP contribution < -0.4 is 0 Å². The van der Waals surface area contributed by atoms with Gasteiger partial charge in [0.2, 0.25) is 0 Å². The molecule has 3 heteroatoms. The summed E-state index contributed by atoms with van der Waals surface area (Å²) in [5.41, 5.74) is 0.754. The maximum Gasteiger partial charge on any atom is 0.0724 e. The molecule has 0 spiro atoms. The summed E-state index contributed by atoms with van der Waals surface area (Å²) in [6.45, 7) is 20.8. The van der Waals surface area contributed by atoms with E-state index in [4.69, 9.17) is 14.2 Å². The number of hydrogen-bond acceptors (Lipinski definition) is 3. The molecule has 0 radical (unpaired) electrons. The van der Waals surface area contributed by atoms with Crippen LogP contribution >= 0.6 is 0 Å². The lowest BCUT2D eigenvalue weighted by Gasteiger charge is -2.43. The second kappa shape index (κ2) is 10.0. The van der Waals surface area contributed by atoms with Gasteiger partial charge in [-0.05, 0) is 72.3 Å². The summed E-state index contributed by atoms with van der Waals surface area (Å²) < 4.78 is 18.4. The van der Waals surface area contributed by atoms with Gasteiger partial charge in [-0.3, -0.25) is 0 Å². The molecule has 0 aliphatic rings. The Hall–Kier alpha value is -0.900. The molecule has 1 aromatic carbocycles. The molecule has 3 nitrogen and oxygen atoms in total. The maximum absolute atomic E-state index is 6.35. The zero-order chi connectivity index (χ0) is 20.7. The molecule has 0 fully saturated rings. The highest BCUT2D eigenvalue weighted by molar-refractivity contribution is 5.13. The Labute approximate surface area is 167 Å². The van der Waals surface area contributed by atoms with Gasteiger partial charge in [0.15, 0.2) is 0 Å². The van der Waals surface area contributed by atoms with Gasteiger partial charge >= 0.3 is 0 Å². The molecule has 1 unspecified atom stereocenters. The Morgan fingerprint density at radius 3 is 2.00 bits per heavy atom. The van der Waals surface area contributed by atoms with Crippen LogP contribution in [0.15, 0.2) is 30.3 Å². The lowest BCUT2D eigenvalue weighted by atomic mass is 9.73. The van der Waals surface area contributed by atoms with E-state index >= 15 is 0 Å². The summed E-state index contributed by atoms with van der Waals surface area (Å²) in [7, 11) is 0. The quantitative estimate of drug-likeness (QED) is 0.421. The van der Waals surface area contributed by atoms with E-state index in [0.29, 0.717) is 13.2 Å². The van der Waals surface area contributed by atoms with Crippen LogP contribution in [-0.2, 0) is 20.8 Å².